The predicted molar refractivity (Wildman–Crippen MR) is 51.4 cm³/mol. The number of nitrogens with zero attached hydrogens (tertiary/aromatic N) is 1. The van der Waals surface area contributed by atoms with Crippen molar-refractivity contribution in [2.24, 2.45) is 0 Å². The fourth-order valence-corrected chi connectivity index (χ4v) is 0.596. The average molecular weight is 180 g/mol. The Morgan fingerprint density at radius 2 is 1.62 bits per heavy atom. The van der Waals surface area contributed by atoms with E-state index >= 15 is 0 Å². The summed E-state index contributed by atoms with van der Waals surface area (Å²) in [5, 5.41) is 10.1. The zero-order valence-electron chi connectivity index (χ0n) is 7.27. The molecule has 2 rings (SSSR count). The quantitative estimate of drug-likeness (QED) is 0.409. The molecule has 0 aliphatic heterocycles. The molecule has 0 spiro atoms. The molecule has 70 valence electrons. The highest BCUT2D eigenvalue weighted by atomic mass is 16.6. The van der Waals surface area contributed by atoms with E-state index in [0.717, 1.165) is 0 Å². The number of anilines is 1. The number of hydrogen-bond acceptors (Lipinski definition) is 3. The van der Waals surface area contributed by atoms with Crippen LogP contribution < -0.4 is 5.73 Å². The fourth-order valence-electron chi connectivity index (χ4n) is 0.596. The molecule has 13 heavy (non-hydrogen) atoms. The van der Waals surface area contributed by atoms with E-state index in [-0.39, 0.29) is 5.69 Å². The van der Waals surface area contributed by atoms with E-state index in [0.29, 0.717) is 5.69 Å². The molecule has 0 aromatic heterocycles. The van der Waals surface area contributed by atoms with E-state index < -0.39 is 4.92 Å². The van der Waals surface area contributed by atoms with E-state index in [1.165, 1.54) is 43.5 Å². The lowest BCUT2D eigenvalue weighted by Gasteiger charge is -1.90. The Balaban J connectivity index is 0.000000236. The third-order valence-corrected chi connectivity index (χ3v) is 1.46. The Morgan fingerprint density at radius 3 is 1.92 bits per heavy atom. The van der Waals surface area contributed by atoms with Crippen molar-refractivity contribution in [3.8, 4) is 0 Å². The number of nitro benzene ring substituents is 1. The number of nitrogen functional groups attached to an aromatic ring is 1. The van der Waals surface area contributed by atoms with Gasteiger partial charge >= 0.3 is 0 Å². The van der Waals surface area contributed by atoms with Crippen LogP contribution in [0.15, 0.2) is 24.3 Å². The summed E-state index contributed by atoms with van der Waals surface area (Å²) >= 11 is 0. The SMILES string of the molecule is C1CC1.Nc1ccc([N+](=O)[O-])cc1. The van der Waals surface area contributed by atoms with Gasteiger partial charge in [0, 0.05) is 17.8 Å². The highest BCUT2D eigenvalue weighted by Crippen LogP contribution is 2.14. The van der Waals surface area contributed by atoms with Crippen LogP contribution in [0.25, 0.3) is 0 Å². The molecule has 1 fully saturated rings. The Morgan fingerprint density at radius 1 is 1.15 bits per heavy atom. The fraction of sp³-hybridized carbons (Fsp3) is 0.333. The molecule has 0 heterocycles. The van der Waals surface area contributed by atoms with Crippen molar-refractivity contribution in [3.05, 3.63) is 34.4 Å². The number of nitro groups is 1. The van der Waals surface area contributed by atoms with Crippen LogP contribution in [-0.2, 0) is 0 Å². The second-order valence-corrected chi connectivity index (χ2v) is 2.91. The highest BCUT2D eigenvalue weighted by molar-refractivity contribution is 5.44. The molecule has 0 saturated heterocycles. The predicted octanol–water partition coefficient (Wildman–Crippen LogP) is 2.35. The van der Waals surface area contributed by atoms with Crippen LogP contribution >= 0.6 is 0 Å². The average Bonchev–Trinajstić information content (AvgIpc) is 2.90. The van der Waals surface area contributed by atoms with Gasteiger partial charge in [-0.3, -0.25) is 10.1 Å². The summed E-state index contributed by atoms with van der Waals surface area (Å²) in [7, 11) is 0. The molecule has 2 N–H and O–H groups in total. The van der Waals surface area contributed by atoms with Crippen LogP contribution in [-0.4, -0.2) is 4.92 Å². The van der Waals surface area contributed by atoms with E-state index in [1.807, 2.05) is 0 Å². The summed E-state index contributed by atoms with van der Waals surface area (Å²) in [6, 6.07) is 5.74. The van der Waals surface area contributed by atoms with Crippen molar-refractivity contribution < 1.29 is 4.92 Å². The molecule has 1 aliphatic carbocycles. The lowest BCUT2D eigenvalue weighted by atomic mass is 10.3. The molecule has 0 atom stereocenters. The normalized spacial score (nSPS) is 12.6. The maximum Gasteiger partial charge on any atom is 0.269 e. The van der Waals surface area contributed by atoms with Gasteiger partial charge in [0.1, 0.15) is 0 Å². The van der Waals surface area contributed by atoms with E-state index in [1.54, 1.807) is 0 Å². The molecule has 1 aliphatic rings. The molecule has 0 unspecified atom stereocenters. The van der Waals surface area contributed by atoms with Gasteiger partial charge in [-0.25, -0.2) is 0 Å². The van der Waals surface area contributed by atoms with Crippen molar-refractivity contribution in [1.82, 2.24) is 0 Å². The number of nitrogens with two attached hydrogens (primary N) is 1. The van der Waals surface area contributed by atoms with Gasteiger partial charge in [-0.15, -0.1) is 0 Å². The summed E-state index contributed by atoms with van der Waals surface area (Å²) in [6.07, 6.45) is 4.50. The molecule has 4 heteroatoms. The van der Waals surface area contributed by atoms with E-state index in [4.69, 9.17) is 5.73 Å². The minimum atomic E-state index is -0.459. The summed E-state index contributed by atoms with van der Waals surface area (Å²) in [4.78, 5) is 9.62. The minimum Gasteiger partial charge on any atom is -0.399 e. The van der Waals surface area contributed by atoms with E-state index in [2.05, 4.69) is 0 Å². The zero-order chi connectivity index (χ0) is 9.68. The number of benzene rings is 1. The zero-order valence-corrected chi connectivity index (χ0v) is 7.27. The molecular weight excluding hydrogens is 168 g/mol. The topological polar surface area (TPSA) is 69.2 Å². The molecule has 1 aromatic rings. The second-order valence-electron chi connectivity index (χ2n) is 2.91. The number of rotatable bonds is 1. The smallest absolute Gasteiger partial charge is 0.269 e. The highest BCUT2D eigenvalue weighted by Gasteiger charge is 2.00. The van der Waals surface area contributed by atoms with Gasteiger partial charge in [0.25, 0.3) is 5.69 Å². The first-order valence-electron chi connectivity index (χ1n) is 4.20. The van der Waals surface area contributed by atoms with Gasteiger partial charge in [0.15, 0.2) is 0 Å². The minimum absolute atomic E-state index is 0.0641. The summed E-state index contributed by atoms with van der Waals surface area (Å²) in [5.74, 6) is 0. The third kappa shape index (κ3) is 4.10. The van der Waals surface area contributed by atoms with Crippen molar-refractivity contribution in [2.75, 3.05) is 5.73 Å². The summed E-state index contributed by atoms with van der Waals surface area (Å²) in [5.41, 5.74) is 5.90. The van der Waals surface area contributed by atoms with Crippen LogP contribution in [0.2, 0.25) is 0 Å². The van der Waals surface area contributed by atoms with Crippen LogP contribution in [0.4, 0.5) is 11.4 Å². The summed E-state index contributed by atoms with van der Waals surface area (Å²) < 4.78 is 0. The molecule has 1 saturated carbocycles. The first-order chi connectivity index (χ1) is 6.20. The number of hydrogen-bond donors (Lipinski definition) is 1. The monoisotopic (exact) mass is 180 g/mol. The van der Waals surface area contributed by atoms with Crippen LogP contribution in [0.3, 0.4) is 0 Å². The van der Waals surface area contributed by atoms with Gasteiger partial charge in [-0.1, -0.05) is 19.3 Å². The van der Waals surface area contributed by atoms with Gasteiger partial charge in [-0.05, 0) is 12.1 Å². The maximum atomic E-state index is 10.1. The molecule has 0 radical (unpaired) electrons. The lowest BCUT2D eigenvalue weighted by molar-refractivity contribution is -0.384. The standard InChI is InChI=1S/C6H6N2O2.C3H6/c7-5-1-3-6(4-2-5)8(9)10;1-2-3-1/h1-4H,7H2;1-3H2. The second kappa shape index (κ2) is 4.45. The lowest BCUT2D eigenvalue weighted by Crippen LogP contribution is -1.88. The van der Waals surface area contributed by atoms with Crippen LogP contribution in [0.5, 0.6) is 0 Å². The van der Waals surface area contributed by atoms with Crippen molar-refractivity contribution >= 4 is 11.4 Å². The molecule has 0 bridgehead atoms. The first-order valence-corrected chi connectivity index (χ1v) is 4.20. The van der Waals surface area contributed by atoms with Crippen molar-refractivity contribution in [2.45, 2.75) is 19.3 Å². The maximum absolute atomic E-state index is 10.1. The Labute approximate surface area is 76.5 Å². The van der Waals surface area contributed by atoms with Gasteiger partial charge in [-0.2, -0.15) is 0 Å². The Hall–Kier alpha value is -1.58. The molecular formula is C9H12N2O2. The molecule has 0 amide bonds. The van der Waals surface area contributed by atoms with E-state index in [9.17, 15) is 10.1 Å². The Kier molecular flexibility index (Phi) is 3.25. The van der Waals surface area contributed by atoms with Crippen LogP contribution in [0.1, 0.15) is 19.3 Å². The van der Waals surface area contributed by atoms with Crippen LogP contribution in [0, 0.1) is 10.1 Å². The Bertz CT molecular complexity index is 277. The molecule has 1 aromatic carbocycles. The van der Waals surface area contributed by atoms with Crippen molar-refractivity contribution in [3.63, 3.8) is 0 Å². The largest absolute Gasteiger partial charge is 0.399 e. The third-order valence-electron chi connectivity index (χ3n) is 1.46. The van der Waals surface area contributed by atoms with Gasteiger partial charge in [0.05, 0.1) is 4.92 Å². The molecule has 4 nitrogen and oxygen atoms in total. The van der Waals surface area contributed by atoms with Crippen molar-refractivity contribution in [1.29, 1.82) is 0 Å². The van der Waals surface area contributed by atoms with Gasteiger partial charge in [0.2, 0.25) is 0 Å². The summed E-state index contributed by atoms with van der Waals surface area (Å²) in [6.45, 7) is 0. The van der Waals surface area contributed by atoms with Gasteiger partial charge < -0.3 is 5.73 Å². The first kappa shape index (κ1) is 9.51. The number of non-ortho nitro benzene ring substituents is 1.